The third-order valence-electron chi connectivity index (χ3n) is 4.19. The summed E-state index contributed by atoms with van der Waals surface area (Å²) >= 11 is 6.13. The molecule has 20 heavy (non-hydrogen) atoms. The van der Waals surface area contributed by atoms with E-state index < -0.39 is 10.0 Å². The Labute approximate surface area is 125 Å². The lowest BCUT2D eigenvalue weighted by molar-refractivity contribution is 0.383. The number of hydrogen-bond donors (Lipinski definition) is 1. The van der Waals surface area contributed by atoms with E-state index in [0.29, 0.717) is 24.2 Å². The number of halogens is 1. The summed E-state index contributed by atoms with van der Waals surface area (Å²) in [5.41, 5.74) is 0.963. The highest BCUT2D eigenvalue weighted by Gasteiger charge is 2.35. The van der Waals surface area contributed by atoms with E-state index in [9.17, 15) is 8.42 Å². The summed E-state index contributed by atoms with van der Waals surface area (Å²) in [7, 11) is -3.49. The van der Waals surface area contributed by atoms with Gasteiger partial charge in [-0.15, -0.1) is 0 Å². The van der Waals surface area contributed by atoms with E-state index >= 15 is 0 Å². The summed E-state index contributed by atoms with van der Waals surface area (Å²) in [6.45, 7) is 3.01. The molecule has 2 atom stereocenters. The molecule has 2 aliphatic rings. The van der Waals surface area contributed by atoms with Gasteiger partial charge in [0, 0.05) is 25.2 Å². The molecule has 110 valence electrons. The van der Waals surface area contributed by atoms with Crippen LogP contribution in [0.4, 0.5) is 0 Å². The fraction of sp³-hybridized carbons (Fsp3) is 0.571. The summed E-state index contributed by atoms with van der Waals surface area (Å²) in [4.78, 5) is 0.225. The zero-order chi connectivity index (χ0) is 14.3. The van der Waals surface area contributed by atoms with E-state index in [1.807, 2.05) is 6.92 Å². The fourth-order valence-corrected chi connectivity index (χ4v) is 5.16. The minimum Gasteiger partial charge on any atom is -0.310 e. The van der Waals surface area contributed by atoms with Crippen LogP contribution in [0, 0.1) is 6.92 Å². The second-order valence-electron chi connectivity index (χ2n) is 5.72. The minimum atomic E-state index is -3.49. The largest absolute Gasteiger partial charge is 0.310 e. The van der Waals surface area contributed by atoms with E-state index in [0.717, 1.165) is 24.8 Å². The normalized spacial score (nSPS) is 27.5. The van der Waals surface area contributed by atoms with Gasteiger partial charge in [-0.05, 0) is 43.9 Å². The van der Waals surface area contributed by atoms with E-state index in [-0.39, 0.29) is 10.9 Å². The van der Waals surface area contributed by atoms with Gasteiger partial charge in [-0.3, -0.25) is 0 Å². The lowest BCUT2D eigenvalue weighted by atomic mass is 10.1. The average molecular weight is 315 g/mol. The van der Waals surface area contributed by atoms with Crippen molar-refractivity contribution in [1.82, 2.24) is 9.62 Å². The predicted molar refractivity (Wildman–Crippen MR) is 79.5 cm³/mol. The maximum atomic E-state index is 12.8. The van der Waals surface area contributed by atoms with Crippen molar-refractivity contribution in [3.05, 3.63) is 28.8 Å². The first-order chi connectivity index (χ1) is 9.46. The number of nitrogens with zero attached hydrogens (tertiary/aromatic N) is 1. The Kier molecular flexibility index (Phi) is 3.79. The van der Waals surface area contributed by atoms with Gasteiger partial charge in [-0.1, -0.05) is 17.7 Å². The van der Waals surface area contributed by atoms with Crippen molar-refractivity contribution in [3.63, 3.8) is 0 Å². The smallest absolute Gasteiger partial charge is 0.244 e. The quantitative estimate of drug-likeness (QED) is 0.910. The first-order valence-electron chi connectivity index (χ1n) is 6.99. The van der Waals surface area contributed by atoms with E-state index in [2.05, 4.69) is 5.32 Å². The van der Waals surface area contributed by atoms with Gasteiger partial charge in [0.1, 0.15) is 4.90 Å². The van der Waals surface area contributed by atoms with E-state index in [4.69, 9.17) is 11.6 Å². The number of hydrogen-bond acceptors (Lipinski definition) is 3. The Bertz CT molecular complexity index is 618. The highest BCUT2D eigenvalue weighted by atomic mass is 35.5. The summed E-state index contributed by atoms with van der Waals surface area (Å²) in [6.07, 6.45) is 3.08. The molecule has 2 aliphatic heterocycles. The van der Waals surface area contributed by atoms with Crippen molar-refractivity contribution in [2.75, 3.05) is 13.1 Å². The molecular formula is C14H19ClN2O2S. The lowest BCUT2D eigenvalue weighted by Crippen LogP contribution is -2.39. The Hall–Kier alpha value is -0.620. The molecule has 2 heterocycles. The SMILES string of the molecule is Cc1ccc(S(=O)(=O)N2CCC3CCC(C2)N3)c(Cl)c1. The van der Waals surface area contributed by atoms with E-state index in [1.165, 1.54) is 0 Å². The maximum Gasteiger partial charge on any atom is 0.244 e. The number of nitrogens with one attached hydrogen (secondary N) is 1. The van der Waals surface area contributed by atoms with Crippen molar-refractivity contribution in [2.24, 2.45) is 0 Å². The molecule has 2 fully saturated rings. The van der Waals surface area contributed by atoms with E-state index in [1.54, 1.807) is 22.5 Å². The molecule has 3 rings (SSSR count). The zero-order valence-corrected chi connectivity index (χ0v) is 13.0. The molecule has 0 radical (unpaired) electrons. The number of aryl methyl sites for hydroxylation is 1. The number of rotatable bonds is 2. The minimum absolute atomic E-state index is 0.225. The summed E-state index contributed by atoms with van der Waals surface area (Å²) in [5, 5.41) is 3.80. The highest BCUT2D eigenvalue weighted by molar-refractivity contribution is 7.89. The van der Waals surface area contributed by atoms with Crippen LogP contribution in [-0.2, 0) is 10.0 Å². The van der Waals surface area contributed by atoms with Gasteiger partial charge in [0.05, 0.1) is 5.02 Å². The molecule has 2 bridgehead atoms. The van der Waals surface area contributed by atoms with Crippen LogP contribution < -0.4 is 5.32 Å². The Morgan fingerprint density at radius 1 is 1.25 bits per heavy atom. The van der Waals surface area contributed by atoms with Gasteiger partial charge in [0.2, 0.25) is 10.0 Å². The Balaban J connectivity index is 1.91. The highest BCUT2D eigenvalue weighted by Crippen LogP contribution is 2.29. The van der Waals surface area contributed by atoms with Crippen LogP contribution >= 0.6 is 11.6 Å². The molecule has 4 nitrogen and oxygen atoms in total. The van der Waals surface area contributed by atoms with Crippen LogP contribution in [0.2, 0.25) is 5.02 Å². The van der Waals surface area contributed by atoms with Crippen molar-refractivity contribution in [2.45, 2.75) is 43.2 Å². The third-order valence-corrected chi connectivity index (χ3v) is 6.54. The van der Waals surface area contributed by atoms with Crippen LogP contribution in [0.25, 0.3) is 0 Å². The van der Waals surface area contributed by atoms with Crippen molar-refractivity contribution < 1.29 is 8.42 Å². The molecule has 0 spiro atoms. The van der Waals surface area contributed by atoms with Gasteiger partial charge in [-0.25, -0.2) is 8.42 Å². The summed E-state index contributed by atoms with van der Waals surface area (Å²) < 4.78 is 27.1. The first kappa shape index (κ1) is 14.3. The zero-order valence-electron chi connectivity index (χ0n) is 11.5. The maximum absolute atomic E-state index is 12.8. The molecule has 0 aromatic heterocycles. The molecule has 6 heteroatoms. The monoisotopic (exact) mass is 314 g/mol. The first-order valence-corrected chi connectivity index (χ1v) is 8.81. The van der Waals surface area contributed by atoms with Crippen LogP contribution in [0.3, 0.4) is 0 Å². The summed E-state index contributed by atoms with van der Waals surface area (Å²) in [6, 6.07) is 5.86. The molecule has 0 aliphatic carbocycles. The lowest BCUT2D eigenvalue weighted by Gasteiger charge is -2.24. The second-order valence-corrected chi connectivity index (χ2v) is 8.04. The van der Waals surface area contributed by atoms with Gasteiger partial charge < -0.3 is 5.32 Å². The van der Waals surface area contributed by atoms with Gasteiger partial charge >= 0.3 is 0 Å². The second kappa shape index (κ2) is 5.30. The van der Waals surface area contributed by atoms with Crippen LogP contribution in [-0.4, -0.2) is 37.9 Å². The number of fused-ring (bicyclic) bond motifs is 2. The topological polar surface area (TPSA) is 49.4 Å². The van der Waals surface area contributed by atoms with Gasteiger partial charge in [-0.2, -0.15) is 4.31 Å². The predicted octanol–water partition coefficient (Wildman–Crippen LogP) is 2.16. The third kappa shape index (κ3) is 2.60. The van der Waals surface area contributed by atoms with Gasteiger partial charge in [0.15, 0.2) is 0 Å². The van der Waals surface area contributed by atoms with Crippen LogP contribution in [0.5, 0.6) is 0 Å². The van der Waals surface area contributed by atoms with Gasteiger partial charge in [0.25, 0.3) is 0 Å². The molecule has 1 N–H and O–H groups in total. The number of benzene rings is 1. The molecule has 1 aromatic rings. The molecule has 1 aromatic carbocycles. The molecule has 2 saturated heterocycles. The van der Waals surface area contributed by atoms with Crippen LogP contribution in [0.1, 0.15) is 24.8 Å². The van der Waals surface area contributed by atoms with Crippen molar-refractivity contribution in [1.29, 1.82) is 0 Å². The van der Waals surface area contributed by atoms with Crippen LogP contribution in [0.15, 0.2) is 23.1 Å². The molecular weight excluding hydrogens is 296 g/mol. The average Bonchev–Trinajstić information content (AvgIpc) is 2.67. The standard InChI is InChI=1S/C14H19ClN2O2S/c1-10-2-5-14(13(15)8-10)20(18,19)17-7-6-11-3-4-12(9-17)16-11/h2,5,8,11-12,16H,3-4,6-7,9H2,1H3. The fourth-order valence-electron chi connectivity index (χ4n) is 3.08. The summed E-state index contributed by atoms with van der Waals surface area (Å²) in [5.74, 6) is 0. The Morgan fingerprint density at radius 2 is 2.00 bits per heavy atom. The number of sulfonamides is 1. The molecule has 0 amide bonds. The van der Waals surface area contributed by atoms with Crippen molar-refractivity contribution in [3.8, 4) is 0 Å². The Morgan fingerprint density at radius 3 is 2.75 bits per heavy atom. The van der Waals surface area contributed by atoms with Crippen molar-refractivity contribution >= 4 is 21.6 Å². The molecule has 2 unspecified atom stereocenters. The molecule has 0 saturated carbocycles.